The van der Waals surface area contributed by atoms with Crippen molar-refractivity contribution in [3.05, 3.63) is 59.2 Å². The number of hydrogen-bond donors (Lipinski definition) is 2. The van der Waals surface area contributed by atoms with Crippen LogP contribution in [0.25, 0.3) is 6.08 Å². The number of aryl methyl sites for hydroxylation is 2. The molecule has 32 heavy (non-hydrogen) atoms. The summed E-state index contributed by atoms with van der Waals surface area (Å²) in [5.41, 5.74) is 2.54. The summed E-state index contributed by atoms with van der Waals surface area (Å²) in [5.74, 6) is 0.162. The van der Waals surface area contributed by atoms with Gasteiger partial charge in [0.1, 0.15) is 11.5 Å². The molecule has 0 atom stereocenters. The molecule has 2 aromatic carbocycles. The summed E-state index contributed by atoms with van der Waals surface area (Å²) in [4.78, 5) is 24.2. The highest BCUT2D eigenvalue weighted by Gasteiger charge is 2.27. The van der Waals surface area contributed by atoms with Crippen molar-refractivity contribution in [1.82, 2.24) is 0 Å². The average molecular weight is 440 g/mol. The summed E-state index contributed by atoms with van der Waals surface area (Å²) >= 11 is 0. The molecular formula is C26H33NO5. The number of esters is 1. The first-order valence-corrected chi connectivity index (χ1v) is 10.8. The smallest absolute Gasteiger partial charge is 0.330 e. The van der Waals surface area contributed by atoms with Gasteiger partial charge in [0.05, 0.1) is 18.9 Å². The maximum atomic E-state index is 12.8. The number of anilines is 1. The van der Waals surface area contributed by atoms with Gasteiger partial charge in [0.2, 0.25) is 5.91 Å². The van der Waals surface area contributed by atoms with Gasteiger partial charge in [-0.3, -0.25) is 4.79 Å². The number of amides is 1. The van der Waals surface area contributed by atoms with E-state index in [-0.39, 0.29) is 11.7 Å². The second kappa shape index (κ2) is 11.4. The first-order valence-electron chi connectivity index (χ1n) is 10.8. The fourth-order valence-corrected chi connectivity index (χ4v) is 3.08. The lowest BCUT2D eigenvalue weighted by Gasteiger charge is -2.24. The van der Waals surface area contributed by atoms with E-state index in [4.69, 9.17) is 9.47 Å². The number of nitrogens with one attached hydrogen (secondary N) is 1. The quantitative estimate of drug-likeness (QED) is 0.224. The molecular weight excluding hydrogens is 406 g/mol. The Bertz CT molecular complexity index is 978. The molecule has 0 unspecified atom stereocenters. The SMILES string of the molecule is CCOC(=O)/C=C/c1ccc(NC(=O)C(C)(C)CCCOc2cc(C)ccc2C)c(O)c1. The lowest BCUT2D eigenvalue weighted by molar-refractivity contribution is -0.137. The highest BCUT2D eigenvalue weighted by molar-refractivity contribution is 5.96. The predicted octanol–water partition coefficient (Wildman–Crippen LogP) is 5.41. The highest BCUT2D eigenvalue weighted by atomic mass is 16.5. The topological polar surface area (TPSA) is 84.9 Å². The number of benzene rings is 2. The van der Waals surface area contributed by atoms with E-state index in [0.29, 0.717) is 30.9 Å². The van der Waals surface area contributed by atoms with Crippen LogP contribution >= 0.6 is 0 Å². The Balaban J connectivity index is 1.89. The van der Waals surface area contributed by atoms with Crippen LogP contribution in [0.1, 0.15) is 50.3 Å². The number of aromatic hydroxyl groups is 1. The minimum absolute atomic E-state index is 0.0709. The van der Waals surface area contributed by atoms with Gasteiger partial charge >= 0.3 is 5.97 Å². The maximum Gasteiger partial charge on any atom is 0.330 e. The van der Waals surface area contributed by atoms with E-state index >= 15 is 0 Å². The predicted molar refractivity (Wildman–Crippen MR) is 127 cm³/mol. The van der Waals surface area contributed by atoms with E-state index < -0.39 is 11.4 Å². The molecule has 0 saturated heterocycles. The number of carbonyl (C=O) groups excluding carboxylic acids is 2. The molecule has 0 saturated carbocycles. The average Bonchev–Trinajstić information content (AvgIpc) is 2.74. The molecule has 0 aliphatic heterocycles. The van der Waals surface area contributed by atoms with Crippen molar-refractivity contribution in [3.8, 4) is 11.5 Å². The summed E-state index contributed by atoms with van der Waals surface area (Å²) in [7, 11) is 0. The molecule has 2 aromatic rings. The van der Waals surface area contributed by atoms with Crippen molar-refractivity contribution >= 4 is 23.6 Å². The van der Waals surface area contributed by atoms with Crippen LogP contribution in [0.15, 0.2) is 42.5 Å². The van der Waals surface area contributed by atoms with Gasteiger partial charge in [-0.2, -0.15) is 0 Å². The van der Waals surface area contributed by atoms with Crippen molar-refractivity contribution in [2.75, 3.05) is 18.5 Å². The number of phenols is 1. The van der Waals surface area contributed by atoms with Gasteiger partial charge in [0.25, 0.3) is 0 Å². The van der Waals surface area contributed by atoms with Crippen LogP contribution in [-0.4, -0.2) is 30.2 Å². The monoisotopic (exact) mass is 439 g/mol. The molecule has 172 valence electrons. The van der Waals surface area contributed by atoms with Crippen molar-refractivity contribution < 1.29 is 24.2 Å². The normalized spacial score (nSPS) is 11.4. The van der Waals surface area contributed by atoms with Crippen molar-refractivity contribution in [2.45, 2.75) is 47.5 Å². The Kier molecular flexibility index (Phi) is 8.88. The highest BCUT2D eigenvalue weighted by Crippen LogP contribution is 2.30. The first kappa shape index (κ1) is 25.0. The Morgan fingerprint density at radius 1 is 1.12 bits per heavy atom. The van der Waals surface area contributed by atoms with E-state index in [9.17, 15) is 14.7 Å². The van der Waals surface area contributed by atoms with Gasteiger partial charge < -0.3 is 19.9 Å². The Labute approximate surface area is 190 Å². The van der Waals surface area contributed by atoms with Crippen LogP contribution in [0.2, 0.25) is 0 Å². The third-order valence-corrected chi connectivity index (χ3v) is 5.13. The molecule has 1 amide bonds. The van der Waals surface area contributed by atoms with Gasteiger partial charge in [-0.1, -0.05) is 32.0 Å². The first-order chi connectivity index (χ1) is 15.1. The minimum atomic E-state index is -0.639. The second-order valence-electron chi connectivity index (χ2n) is 8.42. The number of ether oxygens (including phenoxy) is 2. The molecule has 0 radical (unpaired) electrons. The molecule has 0 aliphatic carbocycles. The molecule has 6 heteroatoms. The Hall–Kier alpha value is -3.28. The van der Waals surface area contributed by atoms with E-state index in [1.165, 1.54) is 12.1 Å². The van der Waals surface area contributed by atoms with Crippen LogP contribution in [-0.2, 0) is 14.3 Å². The summed E-state index contributed by atoms with van der Waals surface area (Å²) in [6.45, 7) is 10.3. The maximum absolute atomic E-state index is 12.8. The zero-order chi connectivity index (χ0) is 23.7. The fourth-order valence-electron chi connectivity index (χ4n) is 3.08. The lowest BCUT2D eigenvalue weighted by atomic mass is 9.86. The van der Waals surface area contributed by atoms with Crippen LogP contribution in [0.5, 0.6) is 11.5 Å². The largest absolute Gasteiger partial charge is 0.506 e. The van der Waals surface area contributed by atoms with E-state index in [1.807, 2.05) is 45.9 Å². The van der Waals surface area contributed by atoms with Gasteiger partial charge in [0.15, 0.2) is 0 Å². The standard InChI is InChI=1S/C26H33NO5/c1-6-31-24(29)13-11-20-10-12-21(22(28)17-20)27-25(30)26(4,5)14-7-15-32-23-16-18(2)8-9-19(23)3/h8-13,16-17,28H,6-7,14-15H2,1-5H3,(H,27,30)/b13-11+. The molecule has 0 fully saturated rings. The zero-order valence-electron chi connectivity index (χ0n) is 19.5. The van der Waals surface area contributed by atoms with Gasteiger partial charge in [-0.15, -0.1) is 0 Å². The molecule has 6 nitrogen and oxygen atoms in total. The van der Waals surface area contributed by atoms with E-state index in [0.717, 1.165) is 23.3 Å². The molecule has 0 heterocycles. The molecule has 0 spiro atoms. The third kappa shape index (κ3) is 7.45. The van der Waals surface area contributed by atoms with E-state index in [1.54, 1.807) is 25.1 Å². The lowest BCUT2D eigenvalue weighted by Crippen LogP contribution is -2.31. The summed E-state index contributed by atoms with van der Waals surface area (Å²) in [6.07, 6.45) is 4.19. The van der Waals surface area contributed by atoms with Gasteiger partial charge in [-0.25, -0.2) is 4.79 Å². The third-order valence-electron chi connectivity index (χ3n) is 5.13. The molecule has 0 aliphatic rings. The van der Waals surface area contributed by atoms with Crippen molar-refractivity contribution in [2.24, 2.45) is 5.41 Å². The van der Waals surface area contributed by atoms with Gasteiger partial charge in [0, 0.05) is 11.5 Å². The minimum Gasteiger partial charge on any atom is -0.506 e. The molecule has 2 rings (SSSR count). The van der Waals surface area contributed by atoms with Crippen LogP contribution < -0.4 is 10.1 Å². The number of carbonyl (C=O) groups is 2. The molecule has 0 aromatic heterocycles. The number of rotatable bonds is 10. The summed E-state index contributed by atoms with van der Waals surface area (Å²) < 4.78 is 10.7. The van der Waals surface area contributed by atoms with Crippen molar-refractivity contribution in [3.63, 3.8) is 0 Å². The van der Waals surface area contributed by atoms with Crippen LogP contribution in [0.4, 0.5) is 5.69 Å². The number of hydrogen-bond acceptors (Lipinski definition) is 5. The van der Waals surface area contributed by atoms with Crippen LogP contribution in [0.3, 0.4) is 0 Å². The summed E-state index contributed by atoms with van der Waals surface area (Å²) in [6, 6.07) is 10.9. The van der Waals surface area contributed by atoms with Crippen molar-refractivity contribution in [1.29, 1.82) is 0 Å². The second-order valence-corrected chi connectivity index (χ2v) is 8.42. The zero-order valence-corrected chi connectivity index (χ0v) is 19.5. The molecule has 2 N–H and O–H groups in total. The Morgan fingerprint density at radius 2 is 1.88 bits per heavy atom. The Morgan fingerprint density at radius 3 is 2.56 bits per heavy atom. The van der Waals surface area contributed by atoms with Gasteiger partial charge in [-0.05, 0) is 74.6 Å². The van der Waals surface area contributed by atoms with E-state index in [2.05, 4.69) is 5.32 Å². The van der Waals surface area contributed by atoms with Crippen LogP contribution in [0, 0.1) is 19.3 Å². The molecule has 0 bridgehead atoms. The number of phenolic OH excluding ortho intramolecular Hbond substituents is 1. The fraction of sp³-hybridized carbons (Fsp3) is 0.385. The summed E-state index contributed by atoms with van der Waals surface area (Å²) in [5, 5.41) is 13.1.